The summed E-state index contributed by atoms with van der Waals surface area (Å²) >= 11 is 0. The monoisotopic (exact) mass is 359 g/mol. The Morgan fingerprint density at radius 3 is 1.92 bits per heavy atom. The van der Waals surface area contributed by atoms with Crippen molar-refractivity contribution in [2.75, 3.05) is 0 Å². The van der Waals surface area contributed by atoms with Crippen LogP contribution in [0.25, 0.3) is 0 Å². The first kappa shape index (κ1) is 18.1. The summed E-state index contributed by atoms with van der Waals surface area (Å²) in [7, 11) is 0. The first-order valence-electron chi connectivity index (χ1n) is 8.59. The van der Waals surface area contributed by atoms with Gasteiger partial charge in [0.1, 0.15) is 5.60 Å². The van der Waals surface area contributed by atoms with Crippen LogP contribution in [0.1, 0.15) is 67.2 Å². The number of carbonyl (C=O) groups excluding carboxylic acids is 4. The van der Waals surface area contributed by atoms with E-state index in [0.717, 1.165) is 0 Å². The molecule has 26 heavy (non-hydrogen) atoms. The zero-order chi connectivity index (χ0) is 19.1. The maximum absolute atomic E-state index is 12.8. The van der Waals surface area contributed by atoms with Crippen LogP contribution in [0, 0.1) is 5.41 Å². The molecule has 138 valence electrons. The highest BCUT2D eigenvalue weighted by Gasteiger charge is 2.54. The van der Waals surface area contributed by atoms with Gasteiger partial charge in [-0.1, -0.05) is 30.0 Å². The molecule has 0 N–H and O–H groups in total. The van der Waals surface area contributed by atoms with E-state index in [2.05, 4.69) is 0 Å². The maximum Gasteiger partial charge on any atom is 0.350 e. The molecule has 1 aliphatic carbocycles. The first-order valence-corrected chi connectivity index (χ1v) is 8.59. The summed E-state index contributed by atoms with van der Waals surface area (Å²) in [5, 5.41) is 0.442. The van der Waals surface area contributed by atoms with E-state index in [9.17, 15) is 19.2 Å². The number of carbonyl (C=O) groups is 4. The van der Waals surface area contributed by atoms with Crippen LogP contribution in [0.2, 0.25) is 0 Å². The quantitative estimate of drug-likeness (QED) is 0.468. The Labute approximate surface area is 151 Å². The van der Waals surface area contributed by atoms with Crippen molar-refractivity contribution in [3.8, 4) is 0 Å². The second-order valence-corrected chi connectivity index (χ2v) is 7.62. The molecule has 7 nitrogen and oxygen atoms in total. The van der Waals surface area contributed by atoms with Gasteiger partial charge in [0.25, 0.3) is 11.8 Å². The zero-order valence-electron chi connectivity index (χ0n) is 15.0. The molecular formula is C19H21NO6. The van der Waals surface area contributed by atoms with Crippen LogP contribution in [0.4, 0.5) is 0 Å². The van der Waals surface area contributed by atoms with Gasteiger partial charge in [-0.05, 0) is 45.7 Å². The van der Waals surface area contributed by atoms with Crippen LogP contribution >= 0.6 is 0 Å². The molecular weight excluding hydrogens is 338 g/mol. The van der Waals surface area contributed by atoms with Crippen LogP contribution in [0.15, 0.2) is 24.3 Å². The lowest BCUT2D eigenvalue weighted by molar-refractivity contribution is -0.193. The summed E-state index contributed by atoms with van der Waals surface area (Å²) in [6.07, 6.45) is 1.86. The molecule has 2 aliphatic rings. The van der Waals surface area contributed by atoms with Crippen molar-refractivity contribution in [1.29, 1.82) is 0 Å². The normalized spacial score (nSPS) is 18.7. The third kappa shape index (κ3) is 2.98. The maximum atomic E-state index is 12.8. The van der Waals surface area contributed by atoms with Crippen LogP contribution < -0.4 is 0 Å². The zero-order valence-corrected chi connectivity index (χ0v) is 15.0. The van der Waals surface area contributed by atoms with Crippen molar-refractivity contribution in [3.05, 3.63) is 35.4 Å². The van der Waals surface area contributed by atoms with E-state index >= 15 is 0 Å². The molecule has 0 saturated heterocycles. The van der Waals surface area contributed by atoms with Crippen LogP contribution in [-0.2, 0) is 19.2 Å². The Hall–Kier alpha value is -2.70. The molecule has 2 amide bonds. The Bertz CT molecular complexity index is 750. The van der Waals surface area contributed by atoms with Gasteiger partial charge in [0.2, 0.25) is 0 Å². The molecule has 0 radical (unpaired) electrons. The fraction of sp³-hybridized carbons (Fsp3) is 0.474. The first-order chi connectivity index (χ1) is 12.2. The smallest absolute Gasteiger partial charge is 0.350 e. The fourth-order valence-corrected chi connectivity index (χ4v) is 3.27. The number of imide groups is 1. The lowest BCUT2D eigenvalue weighted by Crippen LogP contribution is -2.46. The van der Waals surface area contributed by atoms with Gasteiger partial charge >= 0.3 is 11.9 Å². The number of nitrogens with zero attached hydrogens (tertiary/aromatic N) is 1. The minimum absolute atomic E-state index is 0.169. The summed E-state index contributed by atoms with van der Waals surface area (Å²) in [5.41, 5.74) is -1.91. The number of fused-ring (bicyclic) bond motifs is 1. The van der Waals surface area contributed by atoms with Crippen LogP contribution in [-0.4, -0.2) is 34.4 Å². The van der Waals surface area contributed by atoms with Crippen molar-refractivity contribution in [2.24, 2.45) is 5.41 Å². The van der Waals surface area contributed by atoms with E-state index in [-0.39, 0.29) is 24.0 Å². The number of rotatable bonds is 3. The van der Waals surface area contributed by atoms with E-state index in [1.165, 1.54) is 12.1 Å². The molecule has 3 rings (SSSR count). The van der Waals surface area contributed by atoms with Gasteiger partial charge in [-0.2, -0.15) is 0 Å². The van der Waals surface area contributed by atoms with E-state index < -0.39 is 34.8 Å². The Balaban J connectivity index is 1.83. The number of esters is 1. The third-order valence-corrected chi connectivity index (χ3v) is 4.57. The average molecular weight is 359 g/mol. The van der Waals surface area contributed by atoms with E-state index in [1.54, 1.807) is 32.9 Å². The van der Waals surface area contributed by atoms with Gasteiger partial charge in [-0.3, -0.25) is 14.4 Å². The predicted octanol–water partition coefficient (Wildman–Crippen LogP) is 2.64. The Morgan fingerprint density at radius 1 is 0.962 bits per heavy atom. The molecule has 0 unspecified atom stereocenters. The number of hydrogen-bond donors (Lipinski definition) is 0. The van der Waals surface area contributed by atoms with Crippen molar-refractivity contribution in [1.82, 2.24) is 5.06 Å². The average Bonchev–Trinajstić information content (AvgIpc) is 3.15. The topological polar surface area (TPSA) is 90.0 Å². The third-order valence-electron chi connectivity index (χ3n) is 4.57. The van der Waals surface area contributed by atoms with Crippen molar-refractivity contribution in [3.63, 3.8) is 0 Å². The van der Waals surface area contributed by atoms with Crippen LogP contribution in [0.3, 0.4) is 0 Å². The van der Waals surface area contributed by atoms with E-state index in [0.29, 0.717) is 17.9 Å². The lowest BCUT2D eigenvalue weighted by Gasteiger charge is -2.29. The summed E-state index contributed by atoms with van der Waals surface area (Å²) in [6, 6.07) is 6.22. The molecule has 7 heteroatoms. The van der Waals surface area contributed by atoms with E-state index in [4.69, 9.17) is 9.57 Å². The number of benzene rings is 1. The highest BCUT2D eigenvalue weighted by Crippen LogP contribution is 2.42. The minimum Gasteiger partial charge on any atom is -0.459 e. The summed E-state index contributed by atoms with van der Waals surface area (Å²) in [4.78, 5) is 55.4. The van der Waals surface area contributed by atoms with Crippen molar-refractivity contribution in [2.45, 2.75) is 52.1 Å². The van der Waals surface area contributed by atoms with Crippen molar-refractivity contribution < 1.29 is 28.8 Å². The second-order valence-electron chi connectivity index (χ2n) is 7.62. The number of hydrogen-bond acceptors (Lipinski definition) is 6. The summed E-state index contributed by atoms with van der Waals surface area (Å²) in [6.45, 7) is 5.13. The predicted molar refractivity (Wildman–Crippen MR) is 89.8 cm³/mol. The molecule has 1 aliphatic heterocycles. The Kier molecular flexibility index (Phi) is 4.34. The van der Waals surface area contributed by atoms with Gasteiger partial charge in [-0.25, -0.2) is 4.79 Å². The molecule has 1 heterocycles. The van der Waals surface area contributed by atoms with Gasteiger partial charge in [0.05, 0.1) is 11.1 Å². The van der Waals surface area contributed by atoms with Crippen molar-refractivity contribution >= 4 is 23.8 Å². The fourth-order valence-electron chi connectivity index (χ4n) is 3.27. The Morgan fingerprint density at radius 2 is 1.46 bits per heavy atom. The second kappa shape index (κ2) is 6.23. The lowest BCUT2D eigenvalue weighted by atomic mass is 9.86. The standard InChI is InChI=1S/C19H21NO6/c1-18(2,3)25-16(23)19(10-6-7-11-19)17(24)26-20-14(21)12-8-4-5-9-13(12)15(20)22/h4-5,8-9H,6-7,10-11H2,1-3H3. The summed E-state index contributed by atoms with van der Waals surface area (Å²) < 4.78 is 5.40. The van der Waals surface area contributed by atoms with Gasteiger partial charge < -0.3 is 9.57 Å². The number of ether oxygens (including phenoxy) is 1. The van der Waals surface area contributed by atoms with Crippen LogP contribution in [0.5, 0.6) is 0 Å². The molecule has 0 aromatic heterocycles. The van der Waals surface area contributed by atoms with Gasteiger partial charge in [0, 0.05) is 0 Å². The summed E-state index contributed by atoms with van der Waals surface area (Å²) in [5.74, 6) is -3.02. The van der Waals surface area contributed by atoms with Gasteiger partial charge in [-0.15, -0.1) is 0 Å². The molecule has 1 saturated carbocycles. The molecule has 1 aromatic carbocycles. The molecule has 1 fully saturated rings. The molecule has 0 bridgehead atoms. The van der Waals surface area contributed by atoms with E-state index in [1.807, 2.05) is 0 Å². The number of amides is 2. The largest absolute Gasteiger partial charge is 0.459 e. The minimum atomic E-state index is -1.48. The highest BCUT2D eigenvalue weighted by molar-refractivity contribution is 6.21. The molecule has 1 aromatic rings. The SMILES string of the molecule is CC(C)(C)OC(=O)C1(C(=O)ON2C(=O)c3ccccc3C2=O)CCCC1. The van der Waals surface area contributed by atoms with Gasteiger partial charge in [0.15, 0.2) is 5.41 Å². The highest BCUT2D eigenvalue weighted by atomic mass is 16.7. The molecule has 0 atom stereocenters. The number of hydroxylamine groups is 2. The molecule has 0 spiro atoms.